The molecule has 4 rings (SSSR count). The highest BCUT2D eigenvalue weighted by Gasteiger charge is 2.20. The van der Waals surface area contributed by atoms with Crippen LogP contribution in [-0.4, -0.2) is 23.9 Å². The zero-order valence-electron chi connectivity index (χ0n) is 14.6. The normalized spacial score (nSPS) is 11.7. The summed E-state index contributed by atoms with van der Waals surface area (Å²) in [4.78, 5) is 16.5. The van der Waals surface area contributed by atoms with Gasteiger partial charge in [-0.15, -0.1) is 0 Å². The Morgan fingerprint density at radius 1 is 1.07 bits per heavy atom. The second-order valence-corrected chi connectivity index (χ2v) is 7.99. The first-order valence-corrected chi connectivity index (χ1v) is 9.87. The minimum Gasteiger partial charge on any atom is -0.338 e. The van der Waals surface area contributed by atoms with Crippen LogP contribution < -0.4 is 4.72 Å². The molecular formula is C20H17N3O3S. The van der Waals surface area contributed by atoms with Crippen molar-refractivity contribution in [3.05, 3.63) is 72.7 Å². The van der Waals surface area contributed by atoms with E-state index >= 15 is 0 Å². The van der Waals surface area contributed by atoms with Crippen molar-refractivity contribution >= 4 is 37.6 Å². The van der Waals surface area contributed by atoms with Crippen molar-refractivity contribution in [2.75, 3.05) is 0 Å². The fourth-order valence-corrected chi connectivity index (χ4v) is 4.49. The van der Waals surface area contributed by atoms with Crippen LogP contribution in [0.25, 0.3) is 21.7 Å². The molecule has 27 heavy (non-hydrogen) atoms. The van der Waals surface area contributed by atoms with Crippen LogP contribution in [0.4, 0.5) is 0 Å². The third-order valence-corrected chi connectivity index (χ3v) is 5.91. The minimum absolute atomic E-state index is 0.0595. The highest BCUT2D eigenvalue weighted by atomic mass is 32.2. The molecule has 0 saturated heterocycles. The van der Waals surface area contributed by atoms with E-state index in [1.54, 1.807) is 29.0 Å². The lowest BCUT2D eigenvalue weighted by atomic mass is 10.2. The van der Waals surface area contributed by atoms with E-state index in [0.717, 1.165) is 16.5 Å². The van der Waals surface area contributed by atoms with Gasteiger partial charge in [-0.1, -0.05) is 30.3 Å². The van der Waals surface area contributed by atoms with Gasteiger partial charge in [0.2, 0.25) is 0 Å². The maximum atomic E-state index is 12.8. The van der Waals surface area contributed by atoms with Gasteiger partial charge in [0, 0.05) is 40.3 Å². The summed E-state index contributed by atoms with van der Waals surface area (Å²) < 4.78 is 29.4. The van der Waals surface area contributed by atoms with Gasteiger partial charge in [0.15, 0.2) is 0 Å². The summed E-state index contributed by atoms with van der Waals surface area (Å²) in [6.07, 6.45) is 4.96. The number of fused-ring (bicyclic) bond motifs is 2. The van der Waals surface area contributed by atoms with E-state index in [1.807, 2.05) is 37.4 Å². The monoisotopic (exact) mass is 379 g/mol. The molecule has 6 nitrogen and oxygen atoms in total. The largest absolute Gasteiger partial charge is 0.338 e. The molecule has 7 heteroatoms. The Balaban J connectivity index is 1.63. The number of nitrogens with one attached hydrogen (secondary N) is 1. The molecule has 0 aliphatic heterocycles. The summed E-state index contributed by atoms with van der Waals surface area (Å²) in [5.41, 5.74) is 1.92. The lowest BCUT2D eigenvalue weighted by Gasteiger charge is -2.10. The summed E-state index contributed by atoms with van der Waals surface area (Å²) in [6, 6.07) is 14.2. The van der Waals surface area contributed by atoms with Crippen molar-refractivity contribution in [2.24, 2.45) is 0 Å². The molecule has 0 atom stereocenters. The van der Waals surface area contributed by atoms with Crippen LogP contribution in [0.3, 0.4) is 0 Å². The maximum absolute atomic E-state index is 12.8. The molecule has 0 spiro atoms. The van der Waals surface area contributed by atoms with E-state index in [2.05, 4.69) is 9.71 Å². The Bertz CT molecular complexity index is 1270. The average molecular weight is 379 g/mol. The minimum atomic E-state index is -3.99. The number of amides is 1. The van der Waals surface area contributed by atoms with Crippen molar-refractivity contribution < 1.29 is 13.2 Å². The molecule has 0 radical (unpaired) electrons. The number of carbonyl (C=O) groups excluding carboxylic acids is 1. The molecule has 0 saturated carbocycles. The fraction of sp³-hybridized carbons (Fsp3) is 0.100. The van der Waals surface area contributed by atoms with Crippen molar-refractivity contribution in [2.45, 2.75) is 18.4 Å². The highest BCUT2D eigenvalue weighted by molar-refractivity contribution is 7.90. The first-order chi connectivity index (χ1) is 13.0. The highest BCUT2D eigenvalue weighted by Crippen LogP contribution is 2.22. The van der Waals surface area contributed by atoms with E-state index in [-0.39, 0.29) is 11.4 Å². The standard InChI is InChI=1S/C20H17N3O3S/c1-14-12-23(18-7-3-2-6-16(14)18)13-20(24)22-27(25,26)19-8-4-5-15-11-21-10-9-17(15)19/h2-12H,13H2,1H3,(H,22,24). The van der Waals surface area contributed by atoms with Crippen LogP contribution in [-0.2, 0) is 21.4 Å². The Morgan fingerprint density at radius 2 is 1.89 bits per heavy atom. The molecule has 136 valence electrons. The average Bonchev–Trinajstić information content (AvgIpc) is 2.96. The number of para-hydroxylation sites is 1. The van der Waals surface area contributed by atoms with Gasteiger partial charge in [0.25, 0.3) is 15.9 Å². The van der Waals surface area contributed by atoms with Crippen molar-refractivity contribution in [3.63, 3.8) is 0 Å². The number of hydrogen-bond donors (Lipinski definition) is 1. The van der Waals surface area contributed by atoms with E-state index in [1.165, 1.54) is 12.3 Å². The van der Waals surface area contributed by atoms with Crippen LogP contribution in [0.2, 0.25) is 0 Å². The predicted molar refractivity (Wildman–Crippen MR) is 104 cm³/mol. The lowest BCUT2D eigenvalue weighted by Crippen LogP contribution is -2.33. The van der Waals surface area contributed by atoms with Crippen molar-refractivity contribution in [3.8, 4) is 0 Å². The fourth-order valence-electron chi connectivity index (χ4n) is 3.28. The maximum Gasteiger partial charge on any atom is 0.264 e. The Labute approximate surface area is 156 Å². The second kappa shape index (κ2) is 6.51. The van der Waals surface area contributed by atoms with Crippen LogP contribution in [0, 0.1) is 6.92 Å². The van der Waals surface area contributed by atoms with Gasteiger partial charge in [0.1, 0.15) is 6.54 Å². The number of pyridine rings is 1. The summed E-state index contributed by atoms with van der Waals surface area (Å²) in [7, 11) is -3.99. The third-order valence-electron chi connectivity index (χ3n) is 4.48. The number of nitrogens with zero attached hydrogens (tertiary/aromatic N) is 2. The van der Waals surface area contributed by atoms with E-state index in [4.69, 9.17) is 0 Å². The smallest absolute Gasteiger partial charge is 0.264 e. The molecule has 2 aromatic carbocycles. The van der Waals surface area contributed by atoms with Gasteiger partial charge in [-0.05, 0) is 30.7 Å². The number of hydrogen-bond acceptors (Lipinski definition) is 4. The number of rotatable bonds is 4. The molecule has 4 aromatic rings. The van der Waals surface area contributed by atoms with E-state index in [0.29, 0.717) is 10.8 Å². The molecule has 0 unspecified atom stereocenters. The van der Waals surface area contributed by atoms with Crippen LogP contribution in [0.1, 0.15) is 5.56 Å². The Hall–Kier alpha value is -3.19. The molecule has 0 bridgehead atoms. The zero-order valence-corrected chi connectivity index (χ0v) is 15.4. The van der Waals surface area contributed by atoms with Crippen molar-refractivity contribution in [1.82, 2.24) is 14.3 Å². The summed E-state index contributed by atoms with van der Waals surface area (Å²) in [5.74, 6) is -0.596. The van der Waals surface area contributed by atoms with Gasteiger partial charge in [0.05, 0.1) is 4.90 Å². The number of benzene rings is 2. The topological polar surface area (TPSA) is 81.1 Å². The number of sulfonamides is 1. The molecule has 1 amide bonds. The number of aromatic nitrogens is 2. The molecule has 2 aromatic heterocycles. The SMILES string of the molecule is Cc1cn(CC(=O)NS(=O)(=O)c2cccc3cnccc23)c2ccccc12. The van der Waals surface area contributed by atoms with Gasteiger partial charge in [-0.2, -0.15) is 0 Å². The Morgan fingerprint density at radius 3 is 2.74 bits per heavy atom. The lowest BCUT2D eigenvalue weighted by molar-refractivity contribution is -0.119. The van der Waals surface area contributed by atoms with Gasteiger partial charge in [-0.3, -0.25) is 9.78 Å². The third kappa shape index (κ3) is 3.17. The van der Waals surface area contributed by atoms with Gasteiger partial charge < -0.3 is 4.57 Å². The van der Waals surface area contributed by atoms with Crippen LogP contribution in [0.15, 0.2) is 72.0 Å². The summed E-state index contributed by atoms with van der Waals surface area (Å²) in [5, 5.41) is 2.25. The van der Waals surface area contributed by atoms with Crippen LogP contribution in [0.5, 0.6) is 0 Å². The Kier molecular flexibility index (Phi) is 4.16. The molecule has 0 aliphatic rings. The van der Waals surface area contributed by atoms with Crippen molar-refractivity contribution in [1.29, 1.82) is 0 Å². The zero-order chi connectivity index (χ0) is 19.0. The number of aryl methyl sites for hydroxylation is 1. The second-order valence-electron chi connectivity index (χ2n) is 6.34. The quantitative estimate of drug-likeness (QED) is 0.591. The summed E-state index contributed by atoms with van der Waals surface area (Å²) >= 11 is 0. The van der Waals surface area contributed by atoms with Gasteiger partial charge in [-0.25, -0.2) is 13.1 Å². The van der Waals surface area contributed by atoms with Gasteiger partial charge >= 0.3 is 0 Å². The molecule has 0 fully saturated rings. The molecular weight excluding hydrogens is 362 g/mol. The molecule has 1 N–H and O–H groups in total. The van der Waals surface area contributed by atoms with E-state index < -0.39 is 15.9 Å². The predicted octanol–water partition coefficient (Wildman–Crippen LogP) is 3.00. The van der Waals surface area contributed by atoms with E-state index in [9.17, 15) is 13.2 Å². The van der Waals surface area contributed by atoms with Crippen LogP contribution >= 0.6 is 0 Å². The molecule has 0 aliphatic carbocycles. The summed E-state index contributed by atoms with van der Waals surface area (Å²) in [6.45, 7) is 1.87. The first-order valence-electron chi connectivity index (χ1n) is 8.38. The molecule has 2 heterocycles. The first kappa shape index (κ1) is 17.2. The number of carbonyl (C=O) groups is 1.